The zero-order chi connectivity index (χ0) is 19.6. The summed E-state index contributed by atoms with van der Waals surface area (Å²) >= 11 is 0. The normalized spacial score (nSPS) is 21.9. The van der Waals surface area contributed by atoms with Gasteiger partial charge in [-0.05, 0) is 48.4 Å². The molecule has 0 aliphatic carbocycles. The molecule has 2 unspecified atom stereocenters. The molecule has 0 saturated carbocycles. The van der Waals surface area contributed by atoms with E-state index in [1.807, 2.05) is 0 Å². The molecule has 2 aromatic carbocycles. The van der Waals surface area contributed by atoms with Gasteiger partial charge in [-0.3, -0.25) is 0 Å². The van der Waals surface area contributed by atoms with E-state index in [2.05, 4.69) is 5.32 Å². The maximum atomic E-state index is 13.6. The Morgan fingerprint density at radius 3 is 2.44 bits per heavy atom. The van der Waals surface area contributed by atoms with Gasteiger partial charge in [0.2, 0.25) is 0 Å². The van der Waals surface area contributed by atoms with E-state index in [4.69, 9.17) is 9.47 Å². The van der Waals surface area contributed by atoms with Gasteiger partial charge in [-0.1, -0.05) is 12.1 Å². The van der Waals surface area contributed by atoms with Crippen LogP contribution in [0.2, 0.25) is 0 Å². The van der Waals surface area contributed by atoms with Crippen molar-refractivity contribution >= 4 is 0 Å². The summed E-state index contributed by atoms with van der Waals surface area (Å²) in [6, 6.07) is 7.62. The van der Waals surface area contributed by atoms with Crippen molar-refractivity contribution in [3.63, 3.8) is 0 Å². The van der Waals surface area contributed by atoms with Gasteiger partial charge < -0.3 is 14.8 Å². The highest BCUT2D eigenvalue weighted by Crippen LogP contribution is 2.34. The predicted molar refractivity (Wildman–Crippen MR) is 87.8 cm³/mol. The first kappa shape index (κ1) is 19.7. The molecule has 2 aromatic rings. The van der Waals surface area contributed by atoms with E-state index in [0.29, 0.717) is 24.8 Å². The molecular formula is C19H18F5NO2. The zero-order valence-electron chi connectivity index (χ0n) is 14.4. The summed E-state index contributed by atoms with van der Waals surface area (Å²) in [6.07, 6.45) is -6.33. The van der Waals surface area contributed by atoms with E-state index >= 15 is 0 Å². The number of ether oxygens (including phenoxy) is 2. The summed E-state index contributed by atoms with van der Waals surface area (Å²) in [7, 11) is 0. The van der Waals surface area contributed by atoms with Crippen LogP contribution in [0.1, 0.15) is 35.8 Å². The lowest BCUT2D eigenvalue weighted by molar-refractivity contribution is -0.200. The minimum absolute atomic E-state index is 0.0503. The second-order valence-electron chi connectivity index (χ2n) is 6.27. The molecule has 1 heterocycles. The maximum absolute atomic E-state index is 13.6. The Hall–Kier alpha value is -2.03. The largest absolute Gasteiger partial charge is 0.416 e. The molecule has 0 spiro atoms. The molecule has 1 N–H and O–H groups in total. The summed E-state index contributed by atoms with van der Waals surface area (Å²) in [5.74, 6) is -1.38. The van der Waals surface area contributed by atoms with Crippen LogP contribution in [0.25, 0.3) is 0 Å². The van der Waals surface area contributed by atoms with E-state index < -0.39 is 36.0 Å². The summed E-state index contributed by atoms with van der Waals surface area (Å²) in [5.41, 5.74) is -0.316. The van der Waals surface area contributed by atoms with Gasteiger partial charge >= 0.3 is 6.18 Å². The molecule has 3 rings (SSSR count). The molecule has 0 radical (unpaired) electrons. The number of morpholine rings is 1. The lowest BCUT2D eigenvalue weighted by atomic mass is 10.0. The van der Waals surface area contributed by atoms with Crippen LogP contribution in [0.4, 0.5) is 22.0 Å². The van der Waals surface area contributed by atoms with Crippen molar-refractivity contribution in [2.75, 3.05) is 13.2 Å². The Balaban J connectivity index is 1.80. The van der Waals surface area contributed by atoms with E-state index in [-0.39, 0.29) is 11.4 Å². The fraction of sp³-hybridized carbons (Fsp3) is 0.368. The van der Waals surface area contributed by atoms with Crippen LogP contribution in [-0.2, 0) is 15.7 Å². The van der Waals surface area contributed by atoms with Gasteiger partial charge in [-0.25, -0.2) is 8.78 Å². The standard InChI is InChI=1S/C19H18F5NO2/c1-11(13-8-14(19(22,23)24)10-16(21)9-13)27-18-17(25-6-7-26-18)12-2-4-15(20)5-3-12/h2-5,8-11,17-18,25H,6-7H2,1H3/t11-,17?,18?/m1/s1. The zero-order valence-corrected chi connectivity index (χ0v) is 14.4. The van der Waals surface area contributed by atoms with Crippen molar-refractivity contribution in [2.45, 2.75) is 31.5 Å². The van der Waals surface area contributed by atoms with Crippen LogP contribution in [-0.4, -0.2) is 19.4 Å². The van der Waals surface area contributed by atoms with E-state index in [9.17, 15) is 22.0 Å². The van der Waals surface area contributed by atoms with Crippen molar-refractivity contribution < 1.29 is 31.4 Å². The van der Waals surface area contributed by atoms with Crippen molar-refractivity contribution in [3.05, 3.63) is 70.8 Å². The Morgan fingerprint density at radius 1 is 1.07 bits per heavy atom. The highest BCUT2D eigenvalue weighted by atomic mass is 19.4. The van der Waals surface area contributed by atoms with Crippen molar-refractivity contribution in [1.29, 1.82) is 0 Å². The summed E-state index contributed by atoms with van der Waals surface area (Å²) < 4.78 is 76.9. The number of hydrogen-bond acceptors (Lipinski definition) is 3. The van der Waals surface area contributed by atoms with Gasteiger partial charge in [0.25, 0.3) is 0 Å². The third-order valence-electron chi connectivity index (χ3n) is 4.30. The Kier molecular flexibility index (Phi) is 5.78. The van der Waals surface area contributed by atoms with Gasteiger partial charge in [0.1, 0.15) is 11.6 Å². The third-order valence-corrected chi connectivity index (χ3v) is 4.30. The number of benzene rings is 2. The van der Waals surface area contributed by atoms with Crippen LogP contribution in [0, 0.1) is 11.6 Å². The summed E-state index contributed by atoms with van der Waals surface area (Å²) in [4.78, 5) is 0. The van der Waals surface area contributed by atoms with Crippen LogP contribution < -0.4 is 5.32 Å². The molecule has 1 saturated heterocycles. The first-order chi connectivity index (χ1) is 12.7. The number of nitrogens with one attached hydrogen (secondary N) is 1. The summed E-state index contributed by atoms with van der Waals surface area (Å²) in [5, 5.41) is 3.18. The Bertz CT molecular complexity index is 779. The molecule has 3 nitrogen and oxygen atoms in total. The van der Waals surface area contributed by atoms with E-state index in [1.54, 1.807) is 12.1 Å². The molecule has 3 atom stereocenters. The summed E-state index contributed by atoms with van der Waals surface area (Å²) in [6.45, 7) is 2.40. The highest BCUT2D eigenvalue weighted by molar-refractivity contribution is 5.28. The van der Waals surface area contributed by atoms with E-state index in [0.717, 1.165) is 12.1 Å². The second kappa shape index (κ2) is 7.92. The molecule has 1 fully saturated rings. The van der Waals surface area contributed by atoms with Crippen molar-refractivity contribution in [1.82, 2.24) is 5.32 Å². The fourth-order valence-corrected chi connectivity index (χ4v) is 2.94. The molecular weight excluding hydrogens is 369 g/mol. The molecule has 8 heteroatoms. The lowest BCUT2D eigenvalue weighted by Gasteiger charge is -2.34. The highest BCUT2D eigenvalue weighted by Gasteiger charge is 2.33. The monoisotopic (exact) mass is 387 g/mol. The van der Waals surface area contributed by atoms with Gasteiger partial charge in [-0.15, -0.1) is 0 Å². The number of alkyl halides is 3. The lowest BCUT2D eigenvalue weighted by Crippen LogP contribution is -2.43. The molecule has 1 aliphatic heterocycles. The number of halogens is 5. The van der Waals surface area contributed by atoms with Gasteiger partial charge in [0.15, 0.2) is 6.29 Å². The third kappa shape index (κ3) is 4.82. The SMILES string of the molecule is C[C@@H](OC1OCCNC1c1ccc(F)cc1)c1cc(F)cc(C(F)(F)F)c1. The first-order valence-electron chi connectivity index (χ1n) is 8.37. The number of hydrogen-bond donors (Lipinski definition) is 1. The molecule has 0 aromatic heterocycles. The van der Waals surface area contributed by atoms with Crippen LogP contribution in [0.3, 0.4) is 0 Å². The average molecular weight is 387 g/mol. The molecule has 0 bridgehead atoms. The first-order valence-corrected chi connectivity index (χ1v) is 8.37. The minimum Gasteiger partial charge on any atom is -0.349 e. The number of rotatable bonds is 4. The fourth-order valence-electron chi connectivity index (χ4n) is 2.94. The van der Waals surface area contributed by atoms with Gasteiger partial charge in [-0.2, -0.15) is 13.2 Å². The van der Waals surface area contributed by atoms with Crippen LogP contribution in [0.5, 0.6) is 0 Å². The average Bonchev–Trinajstić information content (AvgIpc) is 2.62. The Morgan fingerprint density at radius 2 is 1.78 bits per heavy atom. The smallest absolute Gasteiger partial charge is 0.349 e. The minimum atomic E-state index is -4.66. The van der Waals surface area contributed by atoms with Gasteiger partial charge in [0, 0.05) is 6.54 Å². The van der Waals surface area contributed by atoms with E-state index in [1.165, 1.54) is 19.1 Å². The van der Waals surface area contributed by atoms with Crippen LogP contribution >= 0.6 is 0 Å². The van der Waals surface area contributed by atoms with Crippen molar-refractivity contribution in [3.8, 4) is 0 Å². The van der Waals surface area contributed by atoms with Crippen LogP contribution in [0.15, 0.2) is 42.5 Å². The molecule has 27 heavy (non-hydrogen) atoms. The molecule has 146 valence electrons. The second-order valence-corrected chi connectivity index (χ2v) is 6.27. The molecule has 0 amide bonds. The predicted octanol–water partition coefficient (Wildman–Crippen LogP) is 4.75. The molecule has 1 aliphatic rings. The maximum Gasteiger partial charge on any atom is 0.416 e. The topological polar surface area (TPSA) is 30.5 Å². The Labute approximate surface area is 153 Å². The van der Waals surface area contributed by atoms with Gasteiger partial charge in [0.05, 0.1) is 24.3 Å². The van der Waals surface area contributed by atoms with Crippen molar-refractivity contribution in [2.24, 2.45) is 0 Å². The quantitative estimate of drug-likeness (QED) is 0.769.